The molecule has 7 rings (SSSR count). The number of carbonyl (C=O) groups excluding carboxylic acids is 2. The topological polar surface area (TPSA) is 120 Å². The highest BCUT2D eigenvalue weighted by molar-refractivity contribution is 5.97. The fourth-order valence-corrected chi connectivity index (χ4v) is 7.00. The van der Waals surface area contributed by atoms with Crippen LogP contribution in [-0.4, -0.2) is 74.7 Å². The van der Waals surface area contributed by atoms with E-state index in [1.807, 2.05) is 47.4 Å². The fraction of sp³-hybridized carbons (Fsp3) is 0.484. The van der Waals surface area contributed by atoms with Gasteiger partial charge < -0.3 is 24.7 Å². The van der Waals surface area contributed by atoms with E-state index in [0.29, 0.717) is 35.4 Å². The zero-order valence-corrected chi connectivity index (χ0v) is 24.5. The van der Waals surface area contributed by atoms with Crippen LogP contribution in [0.2, 0.25) is 0 Å². The molecule has 2 N–H and O–H groups in total. The van der Waals surface area contributed by atoms with Gasteiger partial charge in [-0.2, -0.15) is 0 Å². The van der Waals surface area contributed by atoms with Crippen molar-refractivity contribution in [2.75, 3.05) is 25.7 Å². The minimum Gasteiger partial charge on any atom is -0.482 e. The summed E-state index contributed by atoms with van der Waals surface area (Å²) in [5.41, 5.74) is 11.0. The summed E-state index contributed by atoms with van der Waals surface area (Å²) in [6.45, 7) is 5.17. The Morgan fingerprint density at radius 1 is 1.10 bits per heavy atom. The van der Waals surface area contributed by atoms with Gasteiger partial charge in [0.1, 0.15) is 22.8 Å². The Morgan fingerprint density at radius 2 is 1.90 bits per heavy atom. The molecule has 11 nitrogen and oxygen atoms in total. The van der Waals surface area contributed by atoms with Crippen molar-refractivity contribution in [1.82, 2.24) is 23.8 Å². The van der Waals surface area contributed by atoms with Crippen LogP contribution < -0.4 is 15.4 Å². The average molecular weight is 572 g/mol. The Morgan fingerprint density at radius 3 is 2.55 bits per heavy atom. The summed E-state index contributed by atoms with van der Waals surface area (Å²) in [4.78, 5) is 39.7. The van der Waals surface area contributed by atoms with Crippen molar-refractivity contribution in [3.8, 4) is 17.3 Å². The second-order valence-corrected chi connectivity index (χ2v) is 11.8. The van der Waals surface area contributed by atoms with Gasteiger partial charge in [0.15, 0.2) is 5.88 Å². The van der Waals surface area contributed by atoms with Gasteiger partial charge in [-0.25, -0.2) is 14.8 Å². The third-order valence-corrected chi connectivity index (χ3v) is 9.29. The van der Waals surface area contributed by atoms with Gasteiger partial charge in [-0.3, -0.25) is 14.1 Å². The second-order valence-electron chi connectivity index (χ2n) is 11.8. The molecular weight excluding hydrogens is 534 g/mol. The van der Waals surface area contributed by atoms with E-state index in [4.69, 9.17) is 25.2 Å². The predicted octanol–water partition coefficient (Wildman–Crippen LogP) is 4.37. The number of methoxy groups -OCH3 is 2. The van der Waals surface area contributed by atoms with Crippen molar-refractivity contribution >= 4 is 34.5 Å². The molecule has 1 aliphatic carbocycles. The lowest BCUT2D eigenvalue weighted by molar-refractivity contribution is 0.0726. The molecule has 2 saturated heterocycles. The van der Waals surface area contributed by atoms with Crippen LogP contribution >= 0.6 is 0 Å². The summed E-state index contributed by atoms with van der Waals surface area (Å²) in [5, 5.41) is 0.968. The van der Waals surface area contributed by atoms with Crippen molar-refractivity contribution in [2.45, 2.75) is 70.6 Å². The standard InChI is InChI=1S/C31H37N7O4/c1-5-35(31(40)42-4)25-11-8-19-12-24(36(29(19)34-25)16-18-6-7-18)28-17(2)37-26(33-28)13-20(14-27(37)41-3)30(39)38-21-9-10-23(38)22(32)15-21/h8,11-14,18,21-23H,5-7,9-10,15-16,32H2,1-4H3/t21-,22+,23+/m0/s1. The molecule has 1 saturated carbocycles. The summed E-state index contributed by atoms with van der Waals surface area (Å²) >= 11 is 0. The number of imidazole rings is 1. The number of aryl methyl sites for hydroxylation is 1. The smallest absolute Gasteiger partial charge is 0.415 e. The third kappa shape index (κ3) is 4.12. The molecule has 0 radical (unpaired) electrons. The van der Waals surface area contributed by atoms with Gasteiger partial charge in [0.05, 0.1) is 25.6 Å². The molecule has 2 aliphatic heterocycles. The van der Waals surface area contributed by atoms with Gasteiger partial charge in [0, 0.05) is 48.2 Å². The van der Waals surface area contributed by atoms with E-state index >= 15 is 0 Å². The van der Waals surface area contributed by atoms with E-state index in [1.54, 1.807) is 7.11 Å². The number of hydrogen-bond donors (Lipinski definition) is 1. The Labute approximate surface area is 244 Å². The van der Waals surface area contributed by atoms with Gasteiger partial charge in [0.25, 0.3) is 5.91 Å². The lowest BCUT2D eigenvalue weighted by Crippen LogP contribution is -2.40. The predicted molar refractivity (Wildman–Crippen MR) is 159 cm³/mol. The van der Waals surface area contributed by atoms with Crippen molar-refractivity contribution in [3.63, 3.8) is 0 Å². The molecule has 4 aromatic rings. The zero-order valence-electron chi connectivity index (χ0n) is 24.5. The second kappa shape index (κ2) is 10.0. The Bertz CT molecular complexity index is 1720. The normalized spacial score (nSPS) is 21.5. The van der Waals surface area contributed by atoms with Crippen molar-refractivity contribution in [3.05, 3.63) is 41.6 Å². The summed E-state index contributed by atoms with van der Waals surface area (Å²) in [7, 11) is 3.00. The molecule has 4 aromatic heterocycles. The summed E-state index contributed by atoms with van der Waals surface area (Å²) < 4.78 is 15.0. The quantitative estimate of drug-likeness (QED) is 0.350. The lowest BCUT2D eigenvalue weighted by atomic mass is 9.97. The number of carbonyl (C=O) groups is 2. The maximum absolute atomic E-state index is 13.7. The van der Waals surface area contributed by atoms with Crippen molar-refractivity contribution in [1.29, 1.82) is 0 Å². The first kappa shape index (κ1) is 26.8. The largest absolute Gasteiger partial charge is 0.482 e. The molecule has 3 atom stereocenters. The minimum absolute atomic E-state index is 0.0101. The number of amides is 2. The zero-order chi connectivity index (χ0) is 29.3. The van der Waals surface area contributed by atoms with Crippen LogP contribution in [0.5, 0.6) is 5.88 Å². The Balaban J connectivity index is 1.34. The molecule has 0 aromatic carbocycles. The molecule has 42 heavy (non-hydrogen) atoms. The lowest BCUT2D eigenvalue weighted by Gasteiger charge is -2.23. The first-order valence-electron chi connectivity index (χ1n) is 14.8. The molecule has 6 heterocycles. The molecule has 3 aliphatic rings. The summed E-state index contributed by atoms with van der Waals surface area (Å²) in [6, 6.07) is 9.98. The number of nitrogens with two attached hydrogens (primary N) is 1. The third-order valence-electron chi connectivity index (χ3n) is 9.29. The summed E-state index contributed by atoms with van der Waals surface area (Å²) in [5.74, 6) is 1.67. The highest BCUT2D eigenvalue weighted by atomic mass is 16.5. The number of ether oxygens (including phenoxy) is 2. The number of pyridine rings is 2. The maximum atomic E-state index is 13.7. The monoisotopic (exact) mass is 571 g/mol. The van der Waals surface area contributed by atoms with Gasteiger partial charge in [-0.15, -0.1) is 0 Å². The highest BCUT2D eigenvalue weighted by Gasteiger charge is 2.47. The van der Waals surface area contributed by atoms with E-state index in [0.717, 1.165) is 53.9 Å². The molecule has 0 spiro atoms. The van der Waals surface area contributed by atoms with E-state index in [2.05, 4.69) is 10.6 Å². The first-order valence-corrected chi connectivity index (χ1v) is 14.8. The number of aromatic nitrogens is 4. The molecule has 11 heteroatoms. The van der Waals surface area contributed by atoms with E-state index in [9.17, 15) is 9.59 Å². The molecule has 2 bridgehead atoms. The molecule has 3 fully saturated rings. The molecule has 2 amide bonds. The van der Waals surface area contributed by atoms with E-state index in [-0.39, 0.29) is 24.0 Å². The summed E-state index contributed by atoms with van der Waals surface area (Å²) in [6.07, 6.45) is 4.73. The molecular formula is C31H37N7O4. The minimum atomic E-state index is -0.442. The maximum Gasteiger partial charge on any atom is 0.415 e. The number of hydrogen-bond acceptors (Lipinski definition) is 7. The number of rotatable bonds is 7. The van der Waals surface area contributed by atoms with Crippen LogP contribution in [0.1, 0.15) is 55.1 Å². The van der Waals surface area contributed by atoms with E-state index in [1.165, 1.54) is 24.9 Å². The van der Waals surface area contributed by atoms with Gasteiger partial charge in [-0.05, 0) is 76.1 Å². The molecule has 0 unspecified atom stereocenters. The Hall–Kier alpha value is -4.12. The number of fused-ring (bicyclic) bond motifs is 4. The Kier molecular flexibility index (Phi) is 6.38. The number of anilines is 1. The van der Waals surface area contributed by atoms with E-state index < -0.39 is 6.09 Å². The van der Waals surface area contributed by atoms with Crippen molar-refractivity contribution < 1.29 is 19.1 Å². The van der Waals surface area contributed by atoms with Gasteiger partial charge in [0.2, 0.25) is 0 Å². The highest BCUT2D eigenvalue weighted by Crippen LogP contribution is 2.40. The molecule has 220 valence electrons. The van der Waals surface area contributed by atoms with Crippen LogP contribution in [0.4, 0.5) is 10.6 Å². The van der Waals surface area contributed by atoms with Gasteiger partial charge >= 0.3 is 6.09 Å². The van der Waals surface area contributed by atoms with Crippen LogP contribution in [0.15, 0.2) is 30.3 Å². The van der Waals surface area contributed by atoms with Crippen LogP contribution in [0, 0.1) is 12.8 Å². The SMILES string of the molecule is CCN(C(=O)OC)c1ccc2cc(-c3nc4cc(C(=O)N5[C@H]6CC[C@@H]5[C@H](N)C6)cc(OC)n4c3C)n(CC3CC3)c2n1. The van der Waals surface area contributed by atoms with Crippen LogP contribution in [0.25, 0.3) is 28.1 Å². The van der Waals surface area contributed by atoms with Gasteiger partial charge in [-0.1, -0.05) is 0 Å². The number of nitrogens with zero attached hydrogens (tertiary/aromatic N) is 6. The van der Waals surface area contributed by atoms with Crippen LogP contribution in [0.3, 0.4) is 0 Å². The van der Waals surface area contributed by atoms with Crippen molar-refractivity contribution in [2.24, 2.45) is 11.7 Å². The van der Waals surface area contributed by atoms with Crippen LogP contribution in [-0.2, 0) is 11.3 Å². The first-order chi connectivity index (χ1) is 20.3. The average Bonchev–Trinajstić information content (AvgIpc) is 3.32. The fourth-order valence-electron chi connectivity index (χ4n) is 7.00.